The first-order valence-electron chi connectivity index (χ1n) is 9.25. The van der Waals surface area contributed by atoms with Gasteiger partial charge in [-0.2, -0.15) is 0 Å². The minimum atomic E-state index is -0.336. The first-order valence-corrected chi connectivity index (χ1v) is 9.66. The number of hydrogen-bond donors (Lipinski definition) is 2. The predicted octanol–water partition coefficient (Wildman–Crippen LogP) is 3.51. The van der Waals surface area contributed by atoms with Crippen molar-refractivity contribution in [2.24, 2.45) is 5.92 Å². The van der Waals surface area contributed by atoms with Crippen LogP contribution >= 0.6 is 12.2 Å². The molecule has 3 rings (SSSR count). The zero-order valence-corrected chi connectivity index (χ0v) is 16.5. The van der Waals surface area contributed by atoms with Crippen molar-refractivity contribution in [3.63, 3.8) is 0 Å². The molecule has 2 aromatic rings. The molecule has 1 unspecified atom stereocenters. The Morgan fingerprint density at radius 1 is 1.35 bits per heavy atom. The van der Waals surface area contributed by atoms with Crippen molar-refractivity contribution in [1.82, 2.24) is 10.2 Å². The molecule has 1 aromatic carbocycles. The second kappa shape index (κ2) is 8.18. The van der Waals surface area contributed by atoms with Gasteiger partial charge < -0.3 is 20.0 Å². The lowest BCUT2D eigenvalue weighted by Crippen LogP contribution is -2.45. The maximum atomic E-state index is 11.6. The molecule has 6 heteroatoms. The number of rotatable bonds is 4. The Hall–Kier alpha value is -1.92. The number of benzene rings is 1. The first-order chi connectivity index (χ1) is 12.4. The molecule has 0 bridgehead atoms. The maximum Gasteiger partial charge on any atom is 0.336 e. The summed E-state index contributed by atoms with van der Waals surface area (Å²) in [7, 11) is 0. The van der Waals surface area contributed by atoms with E-state index in [1.54, 1.807) is 0 Å². The number of piperidine rings is 1. The van der Waals surface area contributed by atoms with Gasteiger partial charge in [-0.3, -0.25) is 0 Å². The Balaban J connectivity index is 1.57. The molecule has 0 spiro atoms. The third-order valence-corrected chi connectivity index (χ3v) is 5.21. The van der Waals surface area contributed by atoms with E-state index in [-0.39, 0.29) is 11.7 Å². The van der Waals surface area contributed by atoms with Gasteiger partial charge in [0.15, 0.2) is 5.11 Å². The predicted molar refractivity (Wildman–Crippen MR) is 111 cm³/mol. The summed E-state index contributed by atoms with van der Waals surface area (Å²) in [6.07, 6.45) is 2.55. The van der Waals surface area contributed by atoms with E-state index in [9.17, 15) is 4.79 Å². The summed E-state index contributed by atoms with van der Waals surface area (Å²) >= 11 is 5.44. The highest BCUT2D eigenvalue weighted by atomic mass is 32.1. The van der Waals surface area contributed by atoms with Gasteiger partial charge in [0.25, 0.3) is 0 Å². The number of thiocarbonyl (C=S) groups is 1. The van der Waals surface area contributed by atoms with Crippen molar-refractivity contribution < 1.29 is 4.42 Å². The summed E-state index contributed by atoms with van der Waals surface area (Å²) in [5, 5.41) is 8.04. The van der Waals surface area contributed by atoms with Crippen LogP contribution in [-0.4, -0.2) is 35.7 Å². The normalized spacial score (nSPS) is 17.2. The number of likely N-dealkylation sites (tertiary alicyclic amines) is 1. The van der Waals surface area contributed by atoms with Crippen molar-refractivity contribution in [1.29, 1.82) is 0 Å². The summed E-state index contributed by atoms with van der Waals surface area (Å²) in [5.41, 5.74) is 1.95. The minimum absolute atomic E-state index is 0.268. The van der Waals surface area contributed by atoms with Crippen LogP contribution in [0.25, 0.3) is 11.0 Å². The molecule has 1 aromatic heterocycles. The molecule has 1 saturated heterocycles. The standard InChI is InChI=1S/C20H27N3O2S/c1-13-6-8-23(9-7-13)12-15(3)21-20(26)22-16-4-5-17-14(2)10-19(24)25-18(17)11-16/h4-5,10-11,13,15H,6-9,12H2,1-3H3,(H2,21,22,26). The van der Waals surface area contributed by atoms with Gasteiger partial charge in [-0.05, 0) is 75.6 Å². The number of aryl methyl sites for hydroxylation is 1. The highest BCUT2D eigenvalue weighted by molar-refractivity contribution is 7.80. The fourth-order valence-electron chi connectivity index (χ4n) is 3.47. The maximum absolute atomic E-state index is 11.6. The molecule has 2 N–H and O–H groups in total. The lowest BCUT2D eigenvalue weighted by Gasteiger charge is -2.32. The van der Waals surface area contributed by atoms with Gasteiger partial charge in [-0.1, -0.05) is 6.92 Å². The van der Waals surface area contributed by atoms with Crippen LogP contribution in [0.4, 0.5) is 5.69 Å². The summed E-state index contributed by atoms with van der Waals surface area (Å²) in [6.45, 7) is 9.69. The molecule has 1 fully saturated rings. The Morgan fingerprint density at radius 2 is 2.08 bits per heavy atom. The third kappa shape index (κ3) is 4.83. The van der Waals surface area contributed by atoms with Crippen LogP contribution < -0.4 is 16.3 Å². The molecule has 2 heterocycles. The average Bonchev–Trinajstić information content (AvgIpc) is 2.56. The van der Waals surface area contributed by atoms with Gasteiger partial charge in [-0.15, -0.1) is 0 Å². The van der Waals surface area contributed by atoms with E-state index in [1.807, 2.05) is 25.1 Å². The van der Waals surface area contributed by atoms with Crippen LogP contribution in [0.2, 0.25) is 0 Å². The summed E-state index contributed by atoms with van der Waals surface area (Å²) in [6, 6.07) is 7.47. The smallest absolute Gasteiger partial charge is 0.336 e. The molecule has 26 heavy (non-hydrogen) atoms. The van der Waals surface area contributed by atoms with Crippen LogP contribution in [0.5, 0.6) is 0 Å². The van der Waals surface area contributed by atoms with E-state index < -0.39 is 0 Å². The van der Waals surface area contributed by atoms with E-state index in [2.05, 4.69) is 29.4 Å². The monoisotopic (exact) mass is 373 g/mol. The molecule has 140 valence electrons. The number of anilines is 1. The summed E-state index contributed by atoms with van der Waals surface area (Å²) in [5.74, 6) is 0.842. The molecule has 1 aliphatic rings. The third-order valence-electron chi connectivity index (χ3n) is 5.00. The van der Waals surface area contributed by atoms with Gasteiger partial charge in [-0.25, -0.2) is 4.79 Å². The lowest BCUT2D eigenvalue weighted by atomic mass is 9.99. The fourth-order valence-corrected chi connectivity index (χ4v) is 3.79. The largest absolute Gasteiger partial charge is 0.423 e. The Morgan fingerprint density at radius 3 is 2.81 bits per heavy atom. The zero-order valence-electron chi connectivity index (χ0n) is 15.7. The molecule has 0 radical (unpaired) electrons. The van der Waals surface area contributed by atoms with Gasteiger partial charge in [0.2, 0.25) is 0 Å². The number of nitrogens with one attached hydrogen (secondary N) is 2. The molecule has 5 nitrogen and oxygen atoms in total. The first kappa shape index (κ1) is 18.9. The van der Waals surface area contributed by atoms with Gasteiger partial charge >= 0.3 is 5.63 Å². The van der Waals surface area contributed by atoms with Crippen molar-refractivity contribution in [2.75, 3.05) is 25.0 Å². The Bertz CT molecular complexity index is 841. The Labute approximate surface area is 159 Å². The molecule has 0 saturated carbocycles. The van der Waals surface area contributed by atoms with Gasteiger partial charge in [0, 0.05) is 35.8 Å². The Kier molecular flexibility index (Phi) is 5.94. The van der Waals surface area contributed by atoms with Crippen LogP contribution in [-0.2, 0) is 0 Å². The highest BCUT2D eigenvalue weighted by Crippen LogP contribution is 2.21. The summed E-state index contributed by atoms with van der Waals surface area (Å²) in [4.78, 5) is 14.1. The van der Waals surface area contributed by atoms with Crippen molar-refractivity contribution >= 4 is 34.0 Å². The van der Waals surface area contributed by atoms with E-state index >= 15 is 0 Å². The van der Waals surface area contributed by atoms with Crippen LogP contribution in [0, 0.1) is 12.8 Å². The SMILES string of the molecule is Cc1cc(=O)oc2cc(NC(=S)NC(C)CN3CCC(C)CC3)ccc12. The van der Waals surface area contributed by atoms with Crippen LogP contribution in [0.15, 0.2) is 33.5 Å². The number of nitrogens with zero attached hydrogens (tertiary/aromatic N) is 1. The van der Waals surface area contributed by atoms with Crippen molar-refractivity contribution in [2.45, 2.75) is 39.7 Å². The second-order valence-corrected chi connectivity index (χ2v) is 7.85. The van der Waals surface area contributed by atoms with Gasteiger partial charge in [0.1, 0.15) is 5.58 Å². The topological polar surface area (TPSA) is 57.5 Å². The lowest BCUT2D eigenvalue weighted by molar-refractivity contribution is 0.182. The van der Waals surface area contributed by atoms with E-state index in [0.717, 1.165) is 42.2 Å². The number of hydrogen-bond acceptors (Lipinski definition) is 4. The number of fused-ring (bicyclic) bond motifs is 1. The fraction of sp³-hybridized carbons (Fsp3) is 0.500. The van der Waals surface area contributed by atoms with Crippen molar-refractivity contribution in [3.05, 3.63) is 40.2 Å². The molecule has 0 aliphatic carbocycles. The molecule has 1 aliphatic heterocycles. The van der Waals surface area contributed by atoms with Crippen LogP contribution in [0.1, 0.15) is 32.3 Å². The second-order valence-electron chi connectivity index (χ2n) is 7.44. The van der Waals surface area contributed by atoms with E-state index in [1.165, 1.54) is 18.9 Å². The highest BCUT2D eigenvalue weighted by Gasteiger charge is 2.17. The molecule has 1 atom stereocenters. The quantitative estimate of drug-likeness (QED) is 0.632. The summed E-state index contributed by atoms with van der Waals surface area (Å²) < 4.78 is 5.29. The average molecular weight is 374 g/mol. The minimum Gasteiger partial charge on any atom is -0.423 e. The van der Waals surface area contributed by atoms with Gasteiger partial charge in [0.05, 0.1) is 0 Å². The van der Waals surface area contributed by atoms with E-state index in [0.29, 0.717) is 10.7 Å². The zero-order chi connectivity index (χ0) is 18.7. The molecular formula is C20H27N3O2S. The molecule has 0 amide bonds. The van der Waals surface area contributed by atoms with Crippen molar-refractivity contribution in [3.8, 4) is 0 Å². The molecular weight excluding hydrogens is 346 g/mol. The van der Waals surface area contributed by atoms with Crippen LogP contribution in [0.3, 0.4) is 0 Å². The van der Waals surface area contributed by atoms with E-state index in [4.69, 9.17) is 16.6 Å².